The standard InChI is InChI=1S/C23H23N5/c1-2-6-18(7-3-1)10-14-27-15-11-21-22(25-17-24-21)23(27)19-8-4-9-20(16-19)28-13-5-12-26-28/h1-9,12-13,16-17,23H,10-11,14-15H2,(H,24,25)/t23-/m1/s1. The molecule has 2 aromatic heterocycles. The Hall–Kier alpha value is -3.18. The molecule has 0 amide bonds. The van der Waals surface area contributed by atoms with Gasteiger partial charge in [-0.2, -0.15) is 5.10 Å². The van der Waals surface area contributed by atoms with Gasteiger partial charge in [-0.15, -0.1) is 0 Å². The molecule has 28 heavy (non-hydrogen) atoms. The van der Waals surface area contributed by atoms with E-state index in [1.807, 2.05) is 29.5 Å². The molecule has 3 heterocycles. The van der Waals surface area contributed by atoms with E-state index in [-0.39, 0.29) is 6.04 Å². The van der Waals surface area contributed by atoms with Gasteiger partial charge in [0, 0.05) is 37.6 Å². The summed E-state index contributed by atoms with van der Waals surface area (Å²) in [5.41, 5.74) is 6.11. The minimum atomic E-state index is 0.161. The number of fused-ring (bicyclic) bond motifs is 1. The van der Waals surface area contributed by atoms with Gasteiger partial charge in [0.25, 0.3) is 0 Å². The first-order valence-electron chi connectivity index (χ1n) is 9.78. The van der Waals surface area contributed by atoms with Gasteiger partial charge in [0.15, 0.2) is 0 Å². The van der Waals surface area contributed by atoms with Gasteiger partial charge >= 0.3 is 0 Å². The highest BCUT2D eigenvalue weighted by Crippen LogP contribution is 2.34. The van der Waals surface area contributed by atoms with Gasteiger partial charge in [0.1, 0.15) is 0 Å². The SMILES string of the molecule is c1ccc(CCN2CCc3[nH]cnc3[C@H]2c2cccc(-n3cccn3)c2)cc1. The second-order valence-corrected chi connectivity index (χ2v) is 7.24. The quantitative estimate of drug-likeness (QED) is 0.582. The molecule has 0 fully saturated rings. The number of benzene rings is 2. The maximum Gasteiger partial charge on any atom is 0.0926 e. The molecule has 0 radical (unpaired) electrons. The fraction of sp³-hybridized carbons (Fsp3) is 0.217. The molecule has 1 aliphatic heterocycles. The van der Waals surface area contributed by atoms with E-state index in [1.165, 1.54) is 16.8 Å². The Morgan fingerprint density at radius 2 is 1.96 bits per heavy atom. The summed E-state index contributed by atoms with van der Waals surface area (Å²) in [6.07, 6.45) is 7.67. The van der Waals surface area contributed by atoms with Crippen LogP contribution in [-0.2, 0) is 12.8 Å². The van der Waals surface area contributed by atoms with Gasteiger partial charge in [0.2, 0.25) is 0 Å². The van der Waals surface area contributed by atoms with Crippen LogP contribution in [0.25, 0.3) is 5.69 Å². The van der Waals surface area contributed by atoms with Crippen LogP contribution in [0.4, 0.5) is 0 Å². The predicted molar refractivity (Wildman–Crippen MR) is 109 cm³/mol. The lowest BCUT2D eigenvalue weighted by atomic mass is 9.94. The summed E-state index contributed by atoms with van der Waals surface area (Å²) >= 11 is 0. The Morgan fingerprint density at radius 1 is 1.04 bits per heavy atom. The van der Waals surface area contributed by atoms with Crippen molar-refractivity contribution in [2.24, 2.45) is 0 Å². The summed E-state index contributed by atoms with van der Waals surface area (Å²) < 4.78 is 1.91. The Kier molecular flexibility index (Phi) is 4.51. The van der Waals surface area contributed by atoms with E-state index in [0.717, 1.165) is 37.3 Å². The van der Waals surface area contributed by atoms with Gasteiger partial charge < -0.3 is 4.98 Å². The van der Waals surface area contributed by atoms with Crippen LogP contribution in [-0.4, -0.2) is 37.7 Å². The van der Waals surface area contributed by atoms with E-state index < -0.39 is 0 Å². The maximum absolute atomic E-state index is 4.69. The molecule has 0 saturated heterocycles. The smallest absolute Gasteiger partial charge is 0.0926 e. The van der Waals surface area contributed by atoms with E-state index in [9.17, 15) is 0 Å². The number of nitrogens with zero attached hydrogens (tertiary/aromatic N) is 4. The summed E-state index contributed by atoms with van der Waals surface area (Å²) in [6, 6.07) is 21.5. The van der Waals surface area contributed by atoms with Crippen molar-refractivity contribution in [3.63, 3.8) is 0 Å². The zero-order valence-electron chi connectivity index (χ0n) is 15.7. The third-order valence-corrected chi connectivity index (χ3v) is 5.51. The first-order valence-corrected chi connectivity index (χ1v) is 9.78. The van der Waals surface area contributed by atoms with E-state index in [2.05, 4.69) is 69.6 Å². The summed E-state index contributed by atoms with van der Waals surface area (Å²) in [6.45, 7) is 2.03. The molecule has 140 valence electrons. The fourth-order valence-electron chi connectivity index (χ4n) is 4.11. The van der Waals surface area contributed by atoms with Crippen LogP contribution in [0.1, 0.15) is 28.6 Å². The van der Waals surface area contributed by atoms with Crippen molar-refractivity contribution in [1.29, 1.82) is 0 Å². The van der Waals surface area contributed by atoms with Crippen LogP contribution >= 0.6 is 0 Å². The molecule has 1 atom stereocenters. The minimum Gasteiger partial charge on any atom is -0.348 e. The molecule has 1 N–H and O–H groups in total. The molecular weight excluding hydrogens is 346 g/mol. The zero-order chi connectivity index (χ0) is 18.8. The average molecular weight is 369 g/mol. The molecule has 1 aliphatic rings. The number of hydrogen-bond acceptors (Lipinski definition) is 3. The monoisotopic (exact) mass is 369 g/mol. The number of aromatic amines is 1. The number of hydrogen-bond donors (Lipinski definition) is 1. The third-order valence-electron chi connectivity index (χ3n) is 5.51. The van der Waals surface area contributed by atoms with Crippen LogP contribution in [0.15, 0.2) is 79.4 Å². The molecule has 5 heteroatoms. The summed E-state index contributed by atoms with van der Waals surface area (Å²) in [7, 11) is 0. The highest BCUT2D eigenvalue weighted by molar-refractivity contribution is 5.40. The first kappa shape index (κ1) is 17.0. The topological polar surface area (TPSA) is 49.7 Å². The summed E-state index contributed by atoms with van der Waals surface area (Å²) in [5, 5.41) is 4.38. The van der Waals surface area contributed by atoms with E-state index in [0.29, 0.717) is 0 Å². The first-order chi connectivity index (χ1) is 13.9. The predicted octanol–water partition coefficient (Wildman–Crippen LogP) is 3.79. The van der Waals surface area contributed by atoms with Crippen LogP contribution in [0.5, 0.6) is 0 Å². The van der Waals surface area contributed by atoms with Crippen molar-refractivity contribution in [3.05, 3.63) is 102 Å². The highest BCUT2D eigenvalue weighted by Gasteiger charge is 2.30. The summed E-state index contributed by atoms with van der Waals surface area (Å²) in [5.74, 6) is 0. The average Bonchev–Trinajstić information content (AvgIpc) is 3.44. The normalized spacial score (nSPS) is 16.8. The molecule has 0 aliphatic carbocycles. The second-order valence-electron chi connectivity index (χ2n) is 7.24. The van der Waals surface area contributed by atoms with Gasteiger partial charge in [-0.3, -0.25) is 4.90 Å². The molecule has 0 unspecified atom stereocenters. The third kappa shape index (κ3) is 3.25. The number of imidazole rings is 1. The van der Waals surface area contributed by atoms with Gasteiger partial charge in [-0.1, -0.05) is 42.5 Å². The van der Waals surface area contributed by atoms with Crippen LogP contribution in [0, 0.1) is 0 Å². The molecule has 5 rings (SSSR count). The van der Waals surface area contributed by atoms with Crippen molar-refractivity contribution in [2.45, 2.75) is 18.9 Å². The van der Waals surface area contributed by atoms with Crippen molar-refractivity contribution in [2.75, 3.05) is 13.1 Å². The number of H-pyrrole nitrogens is 1. The number of nitrogens with one attached hydrogen (secondary N) is 1. The van der Waals surface area contributed by atoms with Crippen molar-refractivity contribution >= 4 is 0 Å². The summed E-state index contributed by atoms with van der Waals surface area (Å²) in [4.78, 5) is 10.6. The van der Waals surface area contributed by atoms with Crippen LogP contribution in [0.3, 0.4) is 0 Å². The molecule has 5 nitrogen and oxygen atoms in total. The molecule has 2 aromatic carbocycles. The molecule has 4 aromatic rings. The Labute approximate surface area is 164 Å². The second kappa shape index (κ2) is 7.44. The lowest BCUT2D eigenvalue weighted by Gasteiger charge is -2.35. The Balaban J connectivity index is 1.48. The van der Waals surface area contributed by atoms with Crippen molar-refractivity contribution in [1.82, 2.24) is 24.6 Å². The van der Waals surface area contributed by atoms with E-state index in [1.54, 1.807) is 0 Å². The Bertz CT molecular complexity index is 1040. The van der Waals surface area contributed by atoms with E-state index in [4.69, 9.17) is 4.98 Å². The van der Waals surface area contributed by atoms with E-state index >= 15 is 0 Å². The lowest BCUT2D eigenvalue weighted by Crippen LogP contribution is -2.37. The number of aromatic nitrogens is 4. The van der Waals surface area contributed by atoms with Crippen LogP contribution in [0.2, 0.25) is 0 Å². The maximum atomic E-state index is 4.69. The van der Waals surface area contributed by atoms with Crippen LogP contribution < -0.4 is 0 Å². The zero-order valence-corrected chi connectivity index (χ0v) is 15.7. The minimum absolute atomic E-state index is 0.161. The Morgan fingerprint density at radius 3 is 2.82 bits per heavy atom. The van der Waals surface area contributed by atoms with Gasteiger partial charge in [0.05, 0.1) is 23.8 Å². The fourth-order valence-corrected chi connectivity index (χ4v) is 4.11. The molecule has 0 bridgehead atoms. The van der Waals surface area contributed by atoms with Gasteiger partial charge in [-0.25, -0.2) is 9.67 Å². The number of rotatable bonds is 5. The van der Waals surface area contributed by atoms with Crippen molar-refractivity contribution in [3.8, 4) is 5.69 Å². The molecule has 0 saturated carbocycles. The lowest BCUT2D eigenvalue weighted by molar-refractivity contribution is 0.211. The van der Waals surface area contributed by atoms with Gasteiger partial charge in [-0.05, 0) is 35.7 Å². The largest absolute Gasteiger partial charge is 0.348 e. The highest BCUT2D eigenvalue weighted by atomic mass is 15.3. The molecular formula is C23H23N5. The molecule has 0 spiro atoms. The van der Waals surface area contributed by atoms with Crippen molar-refractivity contribution < 1.29 is 0 Å².